The average molecular weight is 191 g/mol. The van der Waals surface area contributed by atoms with Crippen molar-refractivity contribution in [3.05, 3.63) is 0 Å². The van der Waals surface area contributed by atoms with E-state index >= 15 is 0 Å². The topological polar surface area (TPSA) is 78.6 Å². The van der Waals surface area contributed by atoms with E-state index in [0.29, 0.717) is 0 Å². The first-order valence-corrected chi connectivity index (χ1v) is 4.27. The fraction of sp³-hybridized carbons (Fsp3) is 0.667. The quantitative estimate of drug-likeness (QED) is 0.592. The lowest BCUT2D eigenvalue weighted by Crippen LogP contribution is -2.24. The van der Waals surface area contributed by atoms with Gasteiger partial charge in [-0.1, -0.05) is 11.8 Å². The smallest absolute Gasteiger partial charge is 0.303 e. The van der Waals surface area contributed by atoms with Crippen LogP contribution >= 0.6 is 11.8 Å². The molecule has 1 rings (SSSR count). The summed E-state index contributed by atoms with van der Waals surface area (Å²) in [5, 5.41) is 0. The van der Waals surface area contributed by atoms with Crippen LogP contribution in [0.5, 0.6) is 0 Å². The van der Waals surface area contributed by atoms with Crippen molar-refractivity contribution >= 4 is 23.6 Å². The Morgan fingerprint density at radius 2 is 2.33 bits per heavy atom. The van der Waals surface area contributed by atoms with Crippen molar-refractivity contribution in [2.24, 2.45) is 5.73 Å². The van der Waals surface area contributed by atoms with Gasteiger partial charge >= 0.3 is 5.97 Å². The average Bonchev–Trinajstić information content (AvgIpc) is 2.34. The standard InChI is InChI=1S/C6H9NO4S/c1-3(8)11-4-2-10-6(12-4)5(7)9/h4,6H,2H2,1H3,(H2,7,9)/t4-,6+/m0/s1. The number of amides is 1. The highest BCUT2D eigenvalue weighted by molar-refractivity contribution is 8.01. The summed E-state index contributed by atoms with van der Waals surface area (Å²) in [6.07, 6.45) is 0. The van der Waals surface area contributed by atoms with Gasteiger partial charge in [0.1, 0.15) is 0 Å². The molecule has 0 aromatic heterocycles. The Labute approximate surface area is 73.6 Å². The molecule has 0 bridgehead atoms. The van der Waals surface area contributed by atoms with Gasteiger partial charge in [-0.15, -0.1) is 0 Å². The molecular weight excluding hydrogens is 182 g/mol. The van der Waals surface area contributed by atoms with Crippen LogP contribution in [0.3, 0.4) is 0 Å². The molecule has 0 saturated carbocycles. The lowest BCUT2D eigenvalue weighted by atomic mass is 10.6. The Morgan fingerprint density at radius 1 is 1.67 bits per heavy atom. The van der Waals surface area contributed by atoms with Crippen LogP contribution in [-0.2, 0) is 19.1 Å². The fourth-order valence-corrected chi connectivity index (χ4v) is 1.69. The van der Waals surface area contributed by atoms with Gasteiger partial charge in [0.2, 0.25) is 0 Å². The number of carbonyl (C=O) groups excluding carboxylic acids is 2. The molecule has 0 unspecified atom stereocenters. The number of thioether (sulfide) groups is 1. The molecule has 68 valence electrons. The van der Waals surface area contributed by atoms with Crippen molar-refractivity contribution < 1.29 is 19.1 Å². The molecule has 6 heteroatoms. The first-order valence-electron chi connectivity index (χ1n) is 3.33. The van der Waals surface area contributed by atoms with Crippen LogP contribution in [0, 0.1) is 0 Å². The van der Waals surface area contributed by atoms with Crippen molar-refractivity contribution in [1.29, 1.82) is 0 Å². The summed E-state index contributed by atoms with van der Waals surface area (Å²) in [5.74, 6) is -0.934. The lowest BCUT2D eigenvalue weighted by Gasteiger charge is -2.06. The monoisotopic (exact) mass is 191 g/mol. The molecule has 0 aromatic carbocycles. The third-order valence-electron chi connectivity index (χ3n) is 1.19. The predicted octanol–water partition coefficient (Wildman–Crippen LogP) is -0.550. The van der Waals surface area contributed by atoms with E-state index in [1.54, 1.807) is 0 Å². The number of esters is 1. The highest BCUT2D eigenvalue weighted by atomic mass is 32.2. The maximum Gasteiger partial charge on any atom is 0.303 e. The Kier molecular flexibility index (Phi) is 2.93. The SMILES string of the molecule is CC(=O)O[C@@H]1CO[C@@H](C(N)=O)S1. The Bertz CT molecular complexity index is 208. The second kappa shape index (κ2) is 3.77. The first-order chi connectivity index (χ1) is 5.59. The first kappa shape index (κ1) is 9.34. The van der Waals surface area contributed by atoms with Gasteiger partial charge in [0.05, 0.1) is 6.61 Å². The zero-order valence-corrected chi connectivity index (χ0v) is 7.30. The van der Waals surface area contributed by atoms with E-state index in [9.17, 15) is 9.59 Å². The summed E-state index contributed by atoms with van der Waals surface area (Å²) in [6.45, 7) is 1.52. The number of hydrogen-bond donors (Lipinski definition) is 1. The number of carbonyl (C=O) groups is 2. The third kappa shape index (κ3) is 2.38. The third-order valence-corrected chi connectivity index (χ3v) is 2.34. The Morgan fingerprint density at radius 3 is 2.75 bits per heavy atom. The summed E-state index contributed by atoms with van der Waals surface area (Å²) in [4.78, 5) is 21.0. The van der Waals surface area contributed by atoms with Gasteiger partial charge in [0.15, 0.2) is 10.9 Å². The van der Waals surface area contributed by atoms with Crippen LogP contribution in [0.4, 0.5) is 0 Å². The van der Waals surface area contributed by atoms with Gasteiger partial charge in [-0.25, -0.2) is 0 Å². The predicted molar refractivity (Wildman–Crippen MR) is 42.1 cm³/mol. The molecule has 1 aliphatic heterocycles. The van der Waals surface area contributed by atoms with Crippen LogP contribution in [0.1, 0.15) is 6.92 Å². The summed E-state index contributed by atoms with van der Waals surface area (Å²) in [6, 6.07) is 0. The minimum atomic E-state index is -0.686. The van der Waals surface area contributed by atoms with E-state index in [4.69, 9.17) is 15.2 Å². The van der Waals surface area contributed by atoms with Crippen LogP contribution in [-0.4, -0.2) is 29.4 Å². The second-order valence-corrected chi connectivity index (χ2v) is 3.47. The van der Waals surface area contributed by atoms with Crippen LogP contribution in [0.2, 0.25) is 0 Å². The van der Waals surface area contributed by atoms with E-state index in [2.05, 4.69) is 0 Å². The van der Waals surface area contributed by atoms with Crippen molar-refractivity contribution in [2.45, 2.75) is 17.8 Å². The van der Waals surface area contributed by atoms with Crippen molar-refractivity contribution in [1.82, 2.24) is 0 Å². The van der Waals surface area contributed by atoms with Gasteiger partial charge in [-0.3, -0.25) is 9.59 Å². The van der Waals surface area contributed by atoms with Crippen molar-refractivity contribution in [3.8, 4) is 0 Å². The van der Waals surface area contributed by atoms with E-state index < -0.39 is 16.8 Å². The normalized spacial score (nSPS) is 28.4. The van der Waals surface area contributed by atoms with Gasteiger partial charge in [-0.05, 0) is 0 Å². The molecule has 5 nitrogen and oxygen atoms in total. The van der Waals surface area contributed by atoms with E-state index in [-0.39, 0.29) is 12.6 Å². The molecule has 1 heterocycles. The minimum absolute atomic E-state index is 0.220. The molecule has 1 aliphatic rings. The number of ether oxygens (including phenoxy) is 2. The molecule has 1 amide bonds. The van der Waals surface area contributed by atoms with Gasteiger partial charge in [0, 0.05) is 6.92 Å². The minimum Gasteiger partial charge on any atom is -0.449 e. The Hall–Kier alpha value is -0.750. The zero-order valence-electron chi connectivity index (χ0n) is 6.48. The van der Waals surface area contributed by atoms with E-state index in [1.165, 1.54) is 6.92 Å². The largest absolute Gasteiger partial charge is 0.449 e. The highest BCUT2D eigenvalue weighted by Crippen LogP contribution is 2.27. The fourth-order valence-electron chi connectivity index (χ4n) is 0.778. The maximum absolute atomic E-state index is 10.6. The number of primary amides is 1. The molecule has 0 aromatic rings. The molecule has 1 saturated heterocycles. The molecular formula is C6H9NO4S. The Balaban J connectivity index is 2.35. The molecule has 12 heavy (non-hydrogen) atoms. The lowest BCUT2D eigenvalue weighted by molar-refractivity contribution is -0.143. The second-order valence-electron chi connectivity index (χ2n) is 2.24. The molecule has 0 spiro atoms. The van der Waals surface area contributed by atoms with Crippen LogP contribution in [0.25, 0.3) is 0 Å². The summed E-state index contributed by atoms with van der Waals surface area (Å²) < 4.78 is 9.72. The summed E-state index contributed by atoms with van der Waals surface area (Å²) in [7, 11) is 0. The summed E-state index contributed by atoms with van der Waals surface area (Å²) >= 11 is 1.11. The maximum atomic E-state index is 10.6. The molecule has 2 N–H and O–H groups in total. The number of nitrogens with two attached hydrogens (primary N) is 1. The van der Waals surface area contributed by atoms with Gasteiger partial charge in [0.25, 0.3) is 5.91 Å². The molecule has 0 aliphatic carbocycles. The van der Waals surface area contributed by atoms with Crippen LogP contribution in [0.15, 0.2) is 0 Å². The molecule has 2 atom stereocenters. The van der Waals surface area contributed by atoms with Crippen molar-refractivity contribution in [3.63, 3.8) is 0 Å². The van der Waals surface area contributed by atoms with E-state index in [0.717, 1.165) is 11.8 Å². The number of hydrogen-bond acceptors (Lipinski definition) is 5. The van der Waals surface area contributed by atoms with Gasteiger partial charge < -0.3 is 15.2 Å². The molecule has 1 fully saturated rings. The summed E-state index contributed by atoms with van der Waals surface area (Å²) in [5.41, 5.74) is 3.88. The van der Waals surface area contributed by atoms with E-state index in [1.807, 2.05) is 0 Å². The van der Waals surface area contributed by atoms with Crippen LogP contribution < -0.4 is 5.73 Å². The highest BCUT2D eigenvalue weighted by Gasteiger charge is 2.31. The zero-order chi connectivity index (χ0) is 9.14. The van der Waals surface area contributed by atoms with Crippen molar-refractivity contribution in [2.75, 3.05) is 6.61 Å². The molecule has 0 radical (unpaired) electrons. The van der Waals surface area contributed by atoms with Gasteiger partial charge in [-0.2, -0.15) is 0 Å². The number of rotatable bonds is 2.